The number of anilines is 2. The maximum atomic E-state index is 12.6. The van der Waals surface area contributed by atoms with Gasteiger partial charge in [0.1, 0.15) is 11.1 Å². The number of carbonyl (C=O) groups is 2. The maximum Gasteiger partial charge on any atom is 0.238 e. The van der Waals surface area contributed by atoms with E-state index in [0.717, 1.165) is 16.9 Å². The molecule has 1 heterocycles. The number of amides is 2. The molecule has 0 radical (unpaired) electrons. The van der Waals surface area contributed by atoms with Crippen LogP contribution in [0.15, 0.2) is 48.5 Å². The molecule has 1 unspecified atom stereocenters. The van der Waals surface area contributed by atoms with Crippen molar-refractivity contribution in [3.8, 4) is 5.75 Å². The largest absolute Gasteiger partial charge is 0.495 e. The number of nitrogens with one attached hydrogen (secondary N) is 1. The molecule has 1 N–H and O–H groups in total. The van der Waals surface area contributed by atoms with E-state index in [2.05, 4.69) is 5.32 Å². The number of hydrogen-bond donors (Lipinski definition) is 1. The van der Waals surface area contributed by atoms with Gasteiger partial charge in [0.2, 0.25) is 11.8 Å². The highest BCUT2D eigenvalue weighted by atomic mass is 32.2. The molecule has 0 aliphatic carbocycles. The molecule has 28 heavy (non-hydrogen) atoms. The van der Waals surface area contributed by atoms with E-state index in [1.807, 2.05) is 69.3 Å². The molecule has 1 saturated heterocycles. The molecule has 0 spiro atoms. The molecule has 6 heteroatoms. The van der Waals surface area contributed by atoms with Gasteiger partial charge in [-0.3, -0.25) is 14.5 Å². The Morgan fingerprint density at radius 2 is 1.86 bits per heavy atom. The third-order valence-electron chi connectivity index (χ3n) is 4.38. The highest BCUT2D eigenvalue weighted by Crippen LogP contribution is 2.44. The normalized spacial score (nSPS) is 16.9. The SMILES string of the molecule is COc1ccccc1N1C(=O)CSC1c1ccc(NC(=O)CC(C)(C)C)cc1. The van der Waals surface area contributed by atoms with Crippen molar-refractivity contribution in [1.29, 1.82) is 0 Å². The van der Waals surface area contributed by atoms with Crippen LogP contribution in [0.1, 0.15) is 38.1 Å². The Morgan fingerprint density at radius 3 is 2.50 bits per heavy atom. The number of para-hydroxylation sites is 2. The van der Waals surface area contributed by atoms with Crippen LogP contribution in [0.2, 0.25) is 0 Å². The second kappa shape index (κ2) is 8.27. The van der Waals surface area contributed by atoms with Crippen LogP contribution >= 0.6 is 11.8 Å². The molecule has 0 aromatic heterocycles. The molecule has 1 aliphatic rings. The van der Waals surface area contributed by atoms with E-state index in [1.54, 1.807) is 23.8 Å². The van der Waals surface area contributed by atoms with Crippen LogP contribution in [0, 0.1) is 5.41 Å². The average molecular weight is 399 g/mol. The Hall–Kier alpha value is -2.47. The van der Waals surface area contributed by atoms with Crippen molar-refractivity contribution in [2.75, 3.05) is 23.1 Å². The summed E-state index contributed by atoms with van der Waals surface area (Å²) in [5.74, 6) is 1.16. The quantitative estimate of drug-likeness (QED) is 0.782. The summed E-state index contributed by atoms with van der Waals surface area (Å²) < 4.78 is 5.44. The molecule has 1 atom stereocenters. The lowest BCUT2D eigenvalue weighted by atomic mass is 9.92. The van der Waals surface area contributed by atoms with Crippen LogP contribution in [0.3, 0.4) is 0 Å². The van der Waals surface area contributed by atoms with Gasteiger partial charge in [0, 0.05) is 12.1 Å². The number of nitrogens with zero attached hydrogens (tertiary/aromatic N) is 1. The second-order valence-electron chi connectivity index (χ2n) is 8.01. The maximum absolute atomic E-state index is 12.6. The van der Waals surface area contributed by atoms with E-state index in [-0.39, 0.29) is 22.6 Å². The fourth-order valence-corrected chi connectivity index (χ4v) is 4.35. The first-order valence-corrected chi connectivity index (χ1v) is 10.3. The summed E-state index contributed by atoms with van der Waals surface area (Å²) in [5.41, 5.74) is 2.49. The Labute approximate surface area is 170 Å². The van der Waals surface area contributed by atoms with Gasteiger partial charge in [-0.25, -0.2) is 0 Å². The van der Waals surface area contributed by atoms with E-state index in [9.17, 15) is 9.59 Å². The molecule has 2 aromatic rings. The fraction of sp³-hybridized carbons (Fsp3) is 0.364. The van der Waals surface area contributed by atoms with Crippen molar-refractivity contribution in [3.05, 3.63) is 54.1 Å². The zero-order valence-corrected chi connectivity index (χ0v) is 17.5. The zero-order valence-electron chi connectivity index (χ0n) is 16.7. The number of ether oxygens (including phenoxy) is 1. The van der Waals surface area contributed by atoms with Gasteiger partial charge >= 0.3 is 0 Å². The molecule has 1 aliphatic heterocycles. The third-order valence-corrected chi connectivity index (χ3v) is 5.60. The fourth-order valence-electron chi connectivity index (χ4n) is 3.18. The van der Waals surface area contributed by atoms with Crippen molar-refractivity contribution < 1.29 is 14.3 Å². The first-order valence-electron chi connectivity index (χ1n) is 9.25. The van der Waals surface area contributed by atoms with Crippen molar-refractivity contribution in [2.24, 2.45) is 5.41 Å². The minimum absolute atomic E-state index is 0.00122. The van der Waals surface area contributed by atoms with E-state index < -0.39 is 0 Å². The second-order valence-corrected chi connectivity index (χ2v) is 9.08. The Kier molecular flexibility index (Phi) is 5.98. The smallest absolute Gasteiger partial charge is 0.238 e. The van der Waals surface area contributed by atoms with E-state index >= 15 is 0 Å². The summed E-state index contributed by atoms with van der Waals surface area (Å²) >= 11 is 1.59. The van der Waals surface area contributed by atoms with Gasteiger partial charge in [0.25, 0.3) is 0 Å². The molecule has 5 nitrogen and oxygen atoms in total. The third kappa shape index (κ3) is 4.68. The first-order chi connectivity index (χ1) is 13.3. The van der Waals surface area contributed by atoms with Crippen LogP contribution in [0.5, 0.6) is 5.75 Å². The van der Waals surface area contributed by atoms with Gasteiger partial charge in [-0.2, -0.15) is 0 Å². The topological polar surface area (TPSA) is 58.6 Å². The standard InChI is InChI=1S/C22H26N2O3S/c1-22(2,3)13-19(25)23-16-11-9-15(10-12-16)21-24(20(26)14-28-21)17-7-5-6-8-18(17)27-4/h5-12,21H,13-14H2,1-4H3,(H,23,25). The van der Waals surface area contributed by atoms with Crippen LogP contribution in [0.25, 0.3) is 0 Å². The van der Waals surface area contributed by atoms with Gasteiger partial charge in [-0.05, 0) is 35.2 Å². The minimum Gasteiger partial charge on any atom is -0.495 e. The summed E-state index contributed by atoms with van der Waals surface area (Å²) in [4.78, 5) is 26.5. The number of hydrogen-bond acceptors (Lipinski definition) is 4. The molecule has 0 saturated carbocycles. The summed E-state index contributed by atoms with van der Waals surface area (Å²) in [6.45, 7) is 6.11. The number of carbonyl (C=O) groups excluding carboxylic acids is 2. The van der Waals surface area contributed by atoms with E-state index in [0.29, 0.717) is 17.9 Å². The molecule has 2 amide bonds. The molecule has 148 valence electrons. The summed E-state index contributed by atoms with van der Waals surface area (Å²) in [6.07, 6.45) is 0.462. The molecule has 0 bridgehead atoms. The Balaban J connectivity index is 1.79. The Morgan fingerprint density at radius 1 is 1.18 bits per heavy atom. The van der Waals surface area contributed by atoms with Gasteiger partial charge in [-0.1, -0.05) is 45.0 Å². The van der Waals surface area contributed by atoms with Gasteiger partial charge < -0.3 is 10.1 Å². The van der Waals surface area contributed by atoms with Gasteiger partial charge in [0.05, 0.1) is 18.6 Å². The Bertz CT molecular complexity index is 859. The summed E-state index contributed by atoms with van der Waals surface area (Å²) in [7, 11) is 1.61. The van der Waals surface area contributed by atoms with Crippen LogP contribution in [-0.4, -0.2) is 24.7 Å². The highest BCUT2D eigenvalue weighted by Gasteiger charge is 2.35. The molecular weight excluding hydrogens is 372 g/mol. The molecule has 2 aromatic carbocycles. The van der Waals surface area contributed by atoms with Crippen molar-refractivity contribution in [3.63, 3.8) is 0 Å². The van der Waals surface area contributed by atoms with Crippen molar-refractivity contribution >= 4 is 35.0 Å². The van der Waals surface area contributed by atoms with Crippen LogP contribution in [0.4, 0.5) is 11.4 Å². The highest BCUT2D eigenvalue weighted by molar-refractivity contribution is 8.00. The lowest BCUT2D eigenvalue weighted by Gasteiger charge is -2.26. The number of rotatable bonds is 5. The average Bonchev–Trinajstić information content (AvgIpc) is 3.02. The predicted octanol–water partition coefficient (Wildman–Crippen LogP) is 4.85. The summed E-state index contributed by atoms with van der Waals surface area (Å²) in [6, 6.07) is 15.3. The zero-order chi connectivity index (χ0) is 20.3. The van der Waals surface area contributed by atoms with Crippen LogP contribution < -0.4 is 15.0 Å². The lowest BCUT2D eigenvalue weighted by molar-refractivity contribution is -0.118. The summed E-state index contributed by atoms with van der Waals surface area (Å²) in [5, 5.41) is 2.82. The molecule has 3 rings (SSSR count). The van der Waals surface area contributed by atoms with Crippen LogP contribution in [-0.2, 0) is 9.59 Å². The molecule has 1 fully saturated rings. The number of methoxy groups -OCH3 is 1. The lowest BCUT2D eigenvalue weighted by Crippen LogP contribution is -2.28. The predicted molar refractivity (Wildman–Crippen MR) is 115 cm³/mol. The number of benzene rings is 2. The van der Waals surface area contributed by atoms with Gasteiger partial charge in [0.15, 0.2) is 0 Å². The van der Waals surface area contributed by atoms with Crippen molar-refractivity contribution in [1.82, 2.24) is 0 Å². The minimum atomic E-state index is -0.122. The monoisotopic (exact) mass is 398 g/mol. The van der Waals surface area contributed by atoms with Crippen molar-refractivity contribution in [2.45, 2.75) is 32.6 Å². The van der Waals surface area contributed by atoms with Gasteiger partial charge in [-0.15, -0.1) is 11.8 Å². The van der Waals surface area contributed by atoms with E-state index in [1.165, 1.54) is 0 Å². The first kappa shape index (κ1) is 20.3. The number of thioether (sulfide) groups is 1. The molecular formula is C22H26N2O3S. The van der Waals surface area contributed by atoms with E-state index in [4.69, 9.17) is 4.74 Å².